The minimum absolute atomic E-state index is 0.0273. The van der Waals surface area contributed by atoms with Crippen molar-refractivity contribution in [1.82, 2.24) is 14.8 Å². The van der Waals surface area contributed by atoms with Crippen LogP contribution in [0.3, 0.4) is 0 Å². The van der Waals surface area contributed by atoms with Gasteiger partial charge in [-0.3, -0.25) is 14.9 Å². The maximum Gasteiger partial charge on any atom is 0.269 e. The lowest BCUT2D eigenvalue weighted by Gasteiger charge is -2.06. The summed E-state index contributed by atoms with van der Waals surface area (Å²) in [6, 6.07) is 7.38. The van der Waals surface area contributed by atoms with Crippen LogP contribution in [0.25, 0.3) is 0 Å². The third kappa shape index (κ3) is 4.28. The summed E-state index contributed by atoms with van der Waals surface area (Å²) < 4.78 is 12.6. The molecule has 3 rings (SSSR count). The maximum absolute atomic E-state index is 12.1. The van der Waals surface area contributed by atoms with Crippen molar-refractivity contribution in [2.45, 2.75) is 17.5 Å². The Labute approximate surface area is 151 Å². The summed E-state index contributed by atoms with van der Waals surface area (Å²) in [6.07, 6.45) is 2.83. The van der Waals surface area contributed by atoms with E-state index in [1.807, 2.05) is 7.05 Å². The normalized spacial score (nSPS) is 10.7. The number of hydrogen-bond donors (Lipinski definition) is 0. The van der Waals surface area contributed by atoms with E-state index in [9.17, 15) is 14.9 Å². The number of aryl methyl sites for hydroxylation is 1. The molecule has 0 saturated heterocycles. The smallest absolute Gasteiger partial charge is 0.269 e. The molecule has 0 bridgehead atoms. The first-order chi connectivity index (χ1) is 12.5. The molecule has 0 aliphatic rings. The van der Waals surface area contributed by atoms with E-state index in [0.29, 0.717) is 22.2 Å². The molecule has 0 atom stereocenters. The summed E-state index contributed by atoms with van der Waals surface area (Å²) in [5, 5.41) is 19.2. The van der Waals surface area contributed by atoms with E-state index in [-0.39, 0.29) is 23.5 Å². The zero-order chi connectivity index (χ0) is 18.5. The largest absolute Gasteiger partial charge is 0.482 e. The summed E-state index contributed by atoms with van der Waals surface area (Å²) in [6.45, 7) is 0.0273. The van der Waals surface area contributed by atoms with Gasteiger partial charge in [0.2, 0.25) is 11.2 Å². The highest BCUT2D eigenvalue weighted by atomic mass is 32.2. The summed E-state index contributed by atoms with van der Waals surface area (Å²) >= 11 is 1.39. The van der Waals surface area contributed by atoms with Gasteiger partial charge in [0.1, 0.15) is 25.0 Å². The third-order valence-corrected chi connectivity index (χ3v) is 4.44. The van der Waals surface area contributed by atoms with Crippen LogP contribution >= 0.6 is 11.8 Å². The monoisotopic (exact) mass is 374 g/mol. The predicted molar refractivity (Wildman–Crippen MR) is 93.0 cm³/mol. The molecule has 2 heterocycles. The molecule has 2 aromatic heterocycles. The van der Waals surface area contributed by atoms with Gasteiger partial charge in [-0.15, -0.1) is 10.2 Å². The number of non-ortho nitro benzene ring substituents is 1. The van der Waals surface area contributed by atoms with E-state index in [2.05, 4.69) is 10.2 Å². The molecule has 0 radical (unpaired) electrons. The molecule has 3 aromatic rings. The molecule has 0 amide bonds. The van der Waals surface area contributed by atoms with E-state index < -0.39 is 4.92 Å². The van der Waals surface area contributed by atoms with Gasteiger partial charge in [0, 0.05) is 25.2 Å². The fourth-order valence-corrected chi connectivity index (χ4v) is 2.86. The number of rotatable bonds is 7. The van der Waals surface area contributed by atoms with Crippen LogP contribution in [0.2, 0.25) is 0 Å². The average molecular weight is 374 g/mol. The Kier molecular flexibility index (Phi) is 5.32. The van der Waals surface area contributed by atoms with Gasteiger partial charge in [0.25, 0.3) is 5.69 Å². The van der Waals surface area contributed by atoms with Crippen LogP contribution in [0.15, 0.2) is 57.3 Å². The lowest BCUT2D eigenvalue weighted by atomic mass is 10.2. The highest BCUT2D eigenvalue weighted by Gasteiger charge is 2.10. The van der Waals surface area contributed by atoms with Crippen molar-refractivity contribution in [3.63, 3.8) is 0 Å². The minimum atomic E-state index is -0.485. The molecule has 0 spiro atoms. The number of aromatic nitrogens is 3. The molecule has 26 heavy (non-hydrogen) atoms. The number of hydrogen-bond acceptors (Lipinski definition) is 8. The van der Waals surface area contributed by atoms with Gasteiger partial charge in [0.15, 0.2) is 5.16 Å². The quantitative estimate of drug-likeness (QED) is 0.352. The summed E-state index contributed by atoms with van der Waals surface area (Å²) in [5.41, 5.74) is 0.227. The van der Waals surface area contributed by atoms with Crippen LogP contribution in [0, 0.1) is 10.1 Å². The molecular formula is C16H14N4O5S. The van der Waals surface area contributed by atoms with Gasteiger partial charge in [-0.2, -0.15) is 0 Å². The van der Waals surface area contributed by atoms with Gasteiger partial charge in [0.05, 0.1) is 10.7 Å². The second-order valence-electron chi connectivity index (χ2n) is 5.30. The van der Waals surface area contributed by atoms with Crippen molar-refractivity contribution in [2.75, 3.05) is 0 Å². The van der Waals surface area contributed by atoms with Crippen LogP contribution in [0.5, 0.6) is 5.75 Å². The van der Waals surface area contributed by atoms with Crippen molar-refractivity contribution in [2.24, 2.45) is 7.05 Å². The standard InChI is InChI=1S/C16H14N4O5S/c1-19-10-17-18-16(19)26-9-13-6-14(21)15(8-24-13)25-7-11-3-2-4-12(5-11)20(22)23/h2-6,8,10H,7,9H2,1H3. The van der Waals surface area contributed by atoms with Crippen LogP contribution in [-0.4, -0.2) is 19.7 Å². The number of nitro benzene ring substituents is 1. The predicted octanol–water partition coefficient (Wildman–Crippen LogP) is 2.55. The molecule has 134 valence electrons. The van der Waals surface area contributed by atoms with Crippen LogP contribution in [0.4, 0.5) is 5.69 Å². The number of nitrogens with zero attached hydrogens (tertiary/aromatic N) is 4. The van der Waals surface area contributed by atoms with Crippen LogP contribution < -0.4 is 10.2 Å². The number of ether oxygens (including phenoxy) is 1. The van der Waals surface area contributed by atoms with Crippen LogP contribution in [0.1, 0.15) is 11.3 Å². The summed E-state index contributed by atoms with van der Waals surface area (Å²) in [4.78, 5) is 22.4. The maximum atomic E-state index is 12.1. The second kappa shape index (κ2) is 7.83. The van der Waals surface area contributed by atoms with Crippen molar-refractivity contribution in [3.05, 3.63) is 74.6 Å². The van der Waals surface area contributed by atoms with E-state index in [1.54, 1.807) is 23.0 Å². The summed E-state index contributed by atoms with van der Waals surface area (Å²) in [5.74, 6) is 0.946. The van der Waals surface area contributed by atoms with Crippen LogP contribution in [-0.2, 0) is 19.4 Å². The Bertz CT molecular complexity index is 985. The Hall–Kier alpha value is -3.14. The highest BCUT2D eigenvalue weighted by Crippen LogP contribution is 2.20. The number of thioether (sulfide) groups is 1. The van der Waals surface area contributed by atoms with Crippen molar-refractivity contribution < 1.29 is 14.1 Å². The molecule has 0 N–H and O–H groups in total. The first kappa shape index (κ1) is 17.7. The topological polar surface area (TPSA) is 113 Å². The molecule has 0 fully saturated rings. The van der Waals surface area contributed by atoms with Crippen molar-refractivity contribution >= 4 is 17.4 Å². The van der Waals surface area contributed by atoms with E-state index in [0.717, 1.165) is 0 Å². The zero-order valence-corrected chi connectivity index (χ0v) is 14.5. The van der Waals surface area contributed by atoms with Gasteiger partial charge in [-0.05, 0) is 5.56 Å². The first-order valence-corrected chi connectivity index (χ1v) is 8.46. The Morgan fingerprint density at radius 3 is 2.92 bits per heavy atom. The SMILES string of the molecule is Cn1cnnc1SCc1cc(=O)c(OCc2cccc([N+](=O)[O-])c2)co1. The van der Waals surface area contributed by atoms with Crippen molar-refractivity contribution in [3.8, 4) is 5.75 Å². The molecule has 10 heteroatoms. The lowest BCUT2D eigenvalue weighted by Crippen LogP contribution is -2.08. The van der Waals surface area contributed by atoms with Crippen molar-refractivity contribution in [1.29, 1.82) is 0 Å². The molecule has 0 aliphatic carbocycles. The molecule has 0 saturated carbocycles. The van der Waals surface area contributed by atoms with E-state index in [4.69, 9.17) is 9.15 Å². The third-order valence-electron chi connectivity index (χ3n) is 3.38. The number of benzene rings is 1. The fraction of sp³-hybridized carbons (Fsp3) is 0.188. The first-order valence-electron chi connectivity index (χ1n) is 7.47. The lowest BCUT2D eigenvalue weighted by molar-refractivity contribution is -0.384. The zero-order valence-electron chi connectivity index (χ0n) is 13.7. The Morgan fingerprint density at radius 2 is 2.23 bits per heavy atom. The van der Waals surface area contributed by atoms with E-state index >= 15 is 0 Å². The molecule has 0 aliphatic heterocycles. The van der Waals surface area contributed by atoms with Gasteiger partial charge in [-0.25, -0.2) is 0 Å². The fourth-order valence-electron chi connectivity index (χ4n) is 2.08. The second-order valence-corrected chi connectivity index (χ2v) is 6.25. The molecule has 0 unspecified atom stereocenters. The summed E-state index contributed by atoms with van der Waals surface area (Å²) in [7, 11) is 1.82. The highest BCUT2D eigenvalue weighted by molar-refractivity contribution is 7.98. The number of nitro groups is 1. The van der Waals surface area contributed by atoms with Gasteiger partial charge < -0.3 is 13.7 Å². The molecule has 1 aromatic carbocycles. The van der Waals surface area contributed by atoms with E-state index in [1.165, 1.54) is 36.2 Å². The molecule has 9 nitrogen and oxygen atoms in total. The minimum Gasteiger partial charge on any atom is -0.482 e. The Morgan fingerprint density at radius 1 is 1.38 bits per heavy atom. The Balaban J connectivity index is 1.62. The average Bonchev–Trinajstić information content (AvgIpc) is 3.04. The van der Waals surface area contributed by atoms with Gasteiger partial charge >= 0.3 is 0 Å². The van der Waals surface area contributed by atoms with Gasteiger partial charge in [-0.1, -0.05) is 23.9 Å². The molecular weight excluding hydrogens is 360 g/mol.